The minimum atomic E-state index is 0.375. The Morgan fingerprint density at radius 2 is 1.44 bits per heavy atom. The van der Waals surface area contributed by atoms with E-state index < -0.39 is 0 Å². The van der Waals surface area contributed by atoms with Gasteiger partial charge in [0.05, 0.1) is 7.11 Å². The summed E-state index contributed by atoms with van der Waals surface area (Å²) in [5, 5.41) is 1.32. The minimum absolute atomic E-state index is 0.375. The molecule has 1 unspecified atom stereocenters. The third-order valence-corrected chi connectivity index (χ3v) is 5.36. The molecule has 0 saturated carbocycles. The van der Waals surface area contributed by atoms with Crippen molar-refractivity contribution < 1.29 is 9.53 Å². The summed E-state index contributed by atoms with van der Waals surface area (Å²) in [6, 6.07) is 17.8. The fraction of sp³-hybridized carbons (Fsp3) is 0.469. The Balaban J connectivity index is 0. The third-order valence-electron chi connectivity index (χ3n) is 5.36. The lowest BCUT2D eigenvalue weighted by Crippen LogP contribution is -2.23. The van der Waals surface area contributed by atoms with Crippen molar-refractivity contribution in [2.75, 3.05) is 20.2 Å². The number of H-pyrrole nitrogens is 1. The maximum Gasteiger partial charge on any atom is 0.292 e. The highest BCUT2D eigenvalue weighted by molar-refractivity contribution is 5.82. The van der Waals surface area contributed by atoms with Gasteiger partial charge in [0.2, 0.25) is 0 Å². The number of allylic oxidation sites excluding steroid dienone is 1. The molecule has 1 aliphatic heterocycles. The van der Waals surface area contributed by atoms with E-state index in [9.17, 15) is 0 Å². The van der Waals surface area contributed by atoms with Crippen LogP contribution in [0.3, 0.4) is 0 Å². The highest BCUT2D eigenvalue weighted by atomic mass is 16.5. The molecule has 1 atom stereocenters. The summed E-state index contributed by atoms with van der Waals surface area (Å²) in [6.45, 7) is 21.4. The molecule has 0 bridgehead atoms. The molecule has 1 aromatic heterocycles. The number of fused-ring (bicyclic) bond motifs is 1. The van der Waals surface area contributed by atoms with E-state index >= 15 is 0 Å². The lowest BCUT2D eigenvalue weighted by molar-refractivity contribution is -0.126. The molecule has 2 heterocycles. The minimum Gasteiger partial charge on any atom is -0.471 e. The van der Waals surface area contributed by atoms with Crippen LogP contribution in [0.15, 0.2) is 60.8 Å². The predicted molar refractivity (Wildman–Crippen MR) is 161 cm³/mol. The van der Waals surface area contributed by atoms with Gasteiger partial charge in [-0.2, -0.15) is 0 Å². The Bertz CT molecular complexity index is 907. The first-order valence-corrected chi connectivity index (χ1v) is 13.6. The molecule has 36 heavy (non-hydrogen) atoms. The second kappa shape index (κ2) is 23.9. The molecule has 202 valence electrons. The van der Waals surface area contributed by atoms with Crippen molar-refractivity contribution in [3.05, 3.63) is 77.5 Å². The molecule has 3 aromatic rings. The fourth-order valence-electron chi connectivity index (χ4n) is 3.63. The summed E-state index contributed by atoms with van der Waals surface area (Å²) in [5.41, 5.74) is 5.27. The van der Waals surface area contributed by atoms with E-state index in [4.69, 9.17) is 4.79 Å². The average Bonchev–Trinajstić information content (AvgIpc) is 3.64. The van der Waals surface area contributed by atoms with Crippen molar-refractivity contribution in [1.82, 2.24) is 9.88 Å². The number of rotatable bonds is 4. The zero-order chi connectivity index (χ0) is 27.8. The van der Waals surface area contributed by atoms with Gasteiger partial charge in [0.25, 0.3) is 6.47 Å². The molecular formula is C32H52N2O2. The fourth-order valence-corrected chi connectivity index (χ4v) is 3.63. The monoisotopic (exact) mass is 496 g/mol. The van der Waals surface area contributed by atoms with Gasteiger partial charge in [-0.1, -0.05) is 96.2 Å². The number of aromatic nitrogens is 1. The van der Waals surface area contributed by atoms with E-state index in [-0.39, 0.29) is 0 Å². The van der Waals surface area contributed by atoms with Crippen LogP contribution in [0, 0.1) is 6.92 Å². The van der Waals surface area contributed by atoms with E-state index in [2.05, 4.69) is 90.0 Å². The Hall–Kier alpha value is -2.85. The van der Waals surface area contributed by atoms with E-state index in [0.717, 1.165) is 0 Å². The standard InChI is InChI=1S/C15H21N.C9H9N.C2H4O2.3C2H6/c1-3-6-14-7-9-15(10-8-14)13(2)16-11-4-5-12-16;1-7-6-10-9-5-3-2-4-8(7)9;1-4-2-3;3*1-2/h3,6-10,13H,4-5,11-12H2,1-2H3;2-6,10H,1H3;2H,1H3;3*1-2H3/b6-3+;;;;;. The second-order valence-corrected chi connectivity index (χ2v) is 7.43. The molecule has 4 heteroatoms. The molecule has 4 rings (SSSR count). The van der Waals surface area contributed by atoms with Crippen molar-refractivity contribution in [1.29, 1.82) is 0 Å². The van der Waals surface area contributed by atoms with Crippen LogP contribution in [0.5, 0.6) is 0 Å². The van der Waals surface area contributed by atoms with Crippen LogP contribution in [0.2, 0.25) is 0 Å². The number of nitrogens with one attached hydrogen (secondary N) is 1. The van der Waals surface area contributed by atoms with Crippen molar-refractivity contribution in [3.8, 4) is 0 Å². The van der Waals surface area contributed by atoms with Crippen molar-refractivity contribution in [2.24, 2.45) is 0 Å². The van der Waals surface area contributed by atoms with Crippen LogP contribution in [-0.4, -0.2) is 36.6 Å². The van der Waals surface area contributed by atoms with Crippen LogP contribution in [0.4, 0.5) is 0 Å². The van der Waals surface area contributed by atoms with Crippen LogP contribution in [-0.2, 0) is 9.53 Å². The number of hydrogen-bond donors (Lipinski definition) is 1. The summed E-state index contributed by atoms with van der Waals surface area (Å²) < 4.78 is 3.86. The lowest BCUT2D eigenvalue weighted by Gasteiger charge is -2.24. The molecule has 2 aromatic carbocycles. The SMILES string of the molecule is C/C=C/c1ccc(C(C)N2CCCC2)cc1.CC.CC.CC.COC=O.Cc1c[nH]c2ccccc12. The van der Waals surface area contributed by atoms with Crippen LogP contribution < -0.4 is 0 Å². The summed E-state index contributed by atoms with van der Waals surface area (Å²) in [5.74, 6) is 0. The number of carbonyl (C=O) groups is 1. The van der Waals surface area contributed by atoms with Gasteiger partial charge in [0.15, 0.2) is 0 Å². The molecule has 1 saturated heterocycles. The molecule has 4 nitrogen and oxygen atoms in total. The Labute approximate surface area is 221 Å². The van der Waals surface area contributed by atoms with E-state index in [0.29, 0.717) is 12.5 Å². The predicted octanol–water partition coefficient (Wildman–Crippen LogP) is 9.22. The molecule has 0 amide bonds. The molecular weight excluding hydrogens is 444 g/mol. The molecule has 1 N–H and O–H groups in total. The van der Waals surface area contributed by atoms with Gasteiger partial charge < -0.3 is 9.72 Å². The zero-order valence-corrected chi connectivity index (χ0v) is 24.6. The number of ether oxygens (including phenoxy) is 1. The smallest absolute Gasteiger partial charge is 0.292 e. The molecule has 0 aliphatic carbocycles. The topological polar surface area (TPSA) is 45.3 Å². The maximum atomic E-state index is 8.95. The number of carbonyl (C=O) groups excluding carboxylic acids is 1. The van der Waals surface area contributed by atoms with Crippen LogP contribution in [0.25, 0.3) is 17.0 Å². The van der Waals surface area contributed by atoms with E-state index in [1.165, 1.54) is 60.6 Å². The number of methoxy groups -OCH3 is 1. The van der Waals surface area contributed by atoms with Gasteiger partial charge in [0, 0.05) is 23.1 Å². The van der Waals surface area contributed by atoms with Gasteiger partial charge in [-0.05, 0) is 69.5 Å². The Morgan fingerprint density at radius 1 is 0.917 bits per heavy atom. The van der Waals surface area contributed by atoms with Gasteiger partial charge >= 0.3 is 0 Å². The number of nitrogens with zero attached hydrogens (tertiary/aromatic N) is 1. The van der Waals surface area contributed by atoms with Crippen LogP contribution >= 0.6 is 0 Å². The second-order valence-electron chi connectivity index (χ2n) is 7.43. The summed E-state index contributed by atoms with van der Waals surface area (Å²) in [4.78, 5) is 14.7. The Kier molecular flexibility index (Phi) is 23.4. The summed E-state index contributed by atoms with van der Waals surface area (Å²) >= 11 is 0. The first kappa shape index (κ1) is 35.3. The molecule has 0 radical (unpaired) electrons. The van der Waals surface area contributed by atoms with Gasteiger partial charge in [-0.25, -0.2) is 0 Å². The van der Waals surface area contributed by atoms with E-state index in [1.807, 2.05) is 53.8 Å². The van der Waals surface area contributed by atoms with Gasteiger partial charge in [-0.15, -0.1) is 0 Å². The summed E-state index contributed by atoms with van der Waals surface area (Å²) in [6.07, 6.45) is 8.98. The third kappa shape index (κ3) is 13.3. The first-order valence-electron chi connectivity index (χ1n) is 13.6. The number of aryl methyl sites for hydroxylation is 1. The number of benzene rings is 2. The maximum absolute atomic E-state index is 8.95. The molecule has 1 aliphatic rings. The van der Waals surface area contributed by atoms with Gasteiger partial charge in [0.1, 0.15) is 0 Å². The van der Waals surface area contributed by atoms with Crippen molar-refractivity contribution in [3.63, 3.8) is 0 Å². The lowest BCUT2D eigenvalue weighted by atomic mass is 10.0. The van der Waals surface area contributed by atoms with Crippen molar-refractivity contribution >= 4 is 23.5 Å². The Morgan fingerprint density at radius 3 is 1.92 bits per heavy atom. The number of aromatic amines is 1. The highest BCUT2D eigenvalue weighted by Gasteiger charge is 2.18. The number of likely N-dealkylation sites (tertiary alicyclic amines) is 1. The quantitative estimate of drug-likeness (QED) is 0.366. The molecule has 0 spiro atoms. The normalized spacial score (nSPS) is 12.6. The zero-order valence-electron chi connectivity index (χ0n) is 24.6. The highest BCUT2D eigenvalue weighted by Crippen LogP contribution is 2.24. The largest absolute Gasteiger partial charge is 0.471 e. The van der Waals surface area contributed by atoms with Crippen LogP contribution in [0.1, 0.15) is 91.0 Å². The average molecular weight is 497 g/mol. The van der Waals surface area contributed by atoms with Crippen molar-refractivity contribution in [2.45, 2.75) is 81.2 Å². The summed E-state index contributed by atoms with van der Waals surface area (Å²) in [7, 11) is 1.31. The number of hydrogen-bond acceptors (Lipinski definition) is 3. The van der Waals surface area contributed by atoms with Gasteiger partial charge in [-0.3, -0.25) is 9.69 Å². The number of para-hydroxylation sites is 1. The molecule has 1 fully saturated rings. The first-order chi connectivity index (χ1) is 17.6. The van der Waals surface area contributed by atoms with E-state index in [1.54, 1.807) is 0 Å².